The number of anilines is 1. The molecule has 5 nitrogen and oxygen atoms in total. The first-order chi connectivity index (χ1) is 16.0. The van der Waals surface area contributed by atoms with Gasteiger partial charge in [-0.25, -0.2) is 4.98 Å². The van der Waals surface area contributed by atoms with Gasteiger partial charge in [-0.05, 0) is 72.4 Å². The Morgan fingerprint density at radius 1 is 1.09 bits per heavy atom. The lowest BCUT2D eigenvalue weighted by Crippen LogP contribution is -2.20. The first-order valence-corrected chi connectivity index (χ1v) is 11.6. The van der Waals surface area contributed by atoms with Gasteiger partial charge in [0.05, 0.1) is 10.6 Å². The van der Waals surface area contributed by atoms with Gasteiger partial charge >= 0.3 is 0 Å². The monoisotopic (exact) mass is 462 g/mol. The number of nitrogens with zero attached hydrogens (tertiary/aromatic N) is 1. The maximum atomic E-state index is 12.4. The van der Waals surface area contributed by atoms with E-state index in [1.54, 1.807) is 18.2 Å². The number of benzene rings is 3. The lowest BCUT2D eigenvalue weighted by atomic mass is 9.99. The van der Waals surface area contributed by atoms with E-state index in [4.69, 9.17) is 20.8 Å². The summed E-state index contributed by atoms with van der Waals surface area (Å²) in [5.41, 5.74) is 5.12. The molecule has 0 saturated heterocycles. The van der Waals surface area contributed by atoms with E-state index in [1.165, 1.54) is 11.1 Å². The summed E-state index contributed by atoms with van der Waals surface area (Å²) in [4.78, 5) is 17.0. The SMILES string of the molecule is CCc1ccc2oc(-c3cc(NC(=O)COc4ccc(C(C)CC)cc4)ccc3Cl)nc2c1. The van der Waals surface area contributed by atoms with Crippen molar-refractivity contribution in [3.63, 3.8) is 0 Å². The molecule has 0 saturated carbocycles. The summed E-state index contributed by atoms with van der Waals surface area (Å²) < 4.78 is 11.5. The van der Waals surface area contributed by atoms with Gasteiger partial charge in [-0.3, -0.25) is 4.79 Å². The number of oxazole rings is 1. The molecule has 3 aromatic carbocycles. The van der Waals surface area contributed by atoms with Crippen molar-refractivity contribution in [2.24, 2.45) is 0 Å². The number of hydrogen-bond acceptors (Lipinski definition) is 4. The molecule has 0 aliphatic carbocycles. The zero-order chi connectivity index (χ0) is 23.4. The molecule has 6 heteroatoms. The zero-order valence-corrected chi connectivity index (χ0v) is 19.8. The Balaban J connectivity index is 1.44. The Kier molecular flexibility index (Phi) is 6.99. The Morgan fingerprint density at radius 3 is 2.61 bits per heavy atom. The smallest absolute Gasteiger partial charge is 0.262 e. The molecule has 1 heterocycles. The van der Waals surface area contributed by atoms with Crippen molar-refractivity contribution in [3.8, 4) is 17.2 Å². The van der Waals surface area contributed by atoms with Gasteiger partial charge in [-0.15, -0.1) is 0 Å². The zero-order valence-electron chi connectivity index (χ0n) is 19.0. The average Bonchev–Trinajstić information content (AvgIpc) is 3.26. The van der Waals surface area contributed by atoms with E-state index in [-0.39, 0.29) is 12.5 Å². The first kappa shape index (κ1) is 22.9. The molecule has 1 amide bonds. The van der Waals surface area contributed by atoms with Crippen LogP contribution in [0, 0.1) is 0 Å². The molecule has 0 radical (unpaired) electrons. The van der Waals surface area contributed by atoms with Crippen molar-refractivity contribution in [3.05, 3.63) is 76.8 Å². The maximum Gasteiger partial charge on any atom is 0.262 e. The number of aromatic nitrogens is 1. The molecule has 0 aliphatic rings. The van der Waals surface area contributed by atoms with Crippen molar-refractivity contribution >= 4 is 34.3 Å². The molecule has 33 heavy (non-hydrogen) atoms. The van der Waals surface area contributed by atoms with Gasteiger partial charge in [0, 0.05) is 5.69 Å². The average molecular weight is 463 g/mol. The summed E-state index contributed by atoms with van der Waals surface area (Å²) in [7, 11) is 0. The van der Waals surface area contributed by atoms with Crippen LogP contribution in [-0.2, 0) is 11.2 Å². The number of amides is 1. The van der Waals surface area contributed by atoms with Crippen molar-refractivity contribution < 1.29 is 13.9 Å². The number of fused-ring (bicyclic) bond motifs is 1. The van der Waals surface area contributed by atoms with Crippen LogP contribution in [0.1, 0.15) is 44.2 Å². The molecule has 0 aliphatic heterocycles. The number of aryl methyl sites for hydroxylation is 1. The van der Waals surface area contributed by atoms with Gasteiger partial charge in [0.1, 0.15) is 11.3 Å². The quantitative estimate of drug-likeness (QED) is 0.299. The molecule has 0 bridgehead atoms. The summed E-state index contributed by atoms with van der Waals surface area (Å²) in [5, 5.41) is 3.34. The van der Waals surface area contributed by atoms with Crippen LogP contribution in [0.25, 0.3) is 22.6 Å². The van der Waals surface area contributed by atoms with Gasteiger partial charge in [0.15, 0.2) is 12.2 Å². The number of rotatable bonds is 8. The van der Waals surface area contributed by atoms with Crippen molar-refractivity contribution in [1.29, 1.82) is 0 Å². The third-order valence-corrected chi connectivity index (χ3v) is 6.10. The van der Waals surface area contributed by atoms with Gasteiger partial charge in [0.2, 0.25) is 5.89 Å². The summed E-state index contributed by atoms with van der Waals surface area (Å²) in [6, 6.07) is 19.0. The molecule has 1 unspecified atom stereocenters. The third kappa shape index (κ3) is 5.37. The Bertz CT molecular complexity index is 1260. The molecule has 1 atom stereocenters. The van der Waals surface area contributed by atoms with Crippen molar-refractivity contribution in [2.75, 3.05) is 11.9 Å². The molecule has 4 rings (SSSR count). The van der Waals surface area contributed by atoms with Gasteiger partial charge in [0.25, 0.3) is 5.91 Å². The van der Waals surface area contributed by atoms with E-state index < -0.39 is 0 Å². The predicted molar refractivity (Wildman–Crippen MR) is 133 cm³/mol. The molecule has 1 N–H and O–H groups in total. The fraction of sp³-hybridized carbons (Fsp3) is 0.259. The summed E-state index contributed by atoms with van der Waals surface area (Å²) in [5.74, 6) is 1.31. The van der Waals surface area contributed by atoms with E-state index in [0.717, 1.165) is 18.4 Å². The number of halogens is 1. The van der Waals surface area contributed by atoms with E-state index in [0.29, 0.717) is 39.4 Å². The predicted octanol–water partition coefficient (Wildman–Crippen LogP) is 7.24. The normalized spacial score (nSPS) is 12.0. The Hall–Kier alpha value is -3.31. The second-order valence-electron chi connectivity index (χ2n) is 8.08. The highest BCUT2D eigenvalue weighted by molar-refractivity contribution is 6.33. The number of hydrogen-bond donors (Lipinski definition) is 1. The maximum absolute atomic E-state index is 12.4. The van der Waals surface area contributed by atoms with Crippen LogP contribution >= 0.6 is 11.6 Å². The minimum absolute atomic E-state index is 0.0939. The summed E-state index contributed by atoms with van der Waals surface area (Å²) in [6.07, 6.45) is 2.00. The van der Waals surface area contributed by atoms with Gasteiger partial charge < -0.3 is 14.5 Å². The Labute approximate surface area is 198 Å². The minimum Gasteiger partial charge on any atom is -0.484 e. The number of carbonyl (C=O) groups is 1. The summed E-state index contributed by atoms with van der Waals surface area (Å²) >= 11 is 6.40. The second kappa shape index (κ2) is 10.1. The fourth-order valence-electron chi connectivity index (χ4n) is 3.55. The molecule has 4 aromatic rings. The van der Waals surface area contributed by atoms with Crippen molar-refractivity contribution in [2.45, 2.75) is 39.5 Å². The highest BCUT2D eigenvalue weighted by Crippen LogP contribution is 2.32. The van der Waals surface area contributed by atoms with Gasteiger partial charge in [-0.1, -0.05) is 50.6 Å². The van der Waals surface area contributed by atoms with Crippen LogP contribution in [0.2, 0.25) is 5.02 Å². The van der Waals surface area contributed by atoms with Crippen LogP contribution in [0.15, 0.2) is 65.1 Å². The lowest BCUT2D eigenvalue weighted by molar-refractivity contribution is -0.118. The standard InChI is InChI=1S/C27H27ClN2O3/c1-4-17(3)19-7-10-21(11-8-19)32-16-26(31)29-20-9-12-23(28)22(15-20)27-30-24-14-18(5-2)6-13-25(24)33-27/h6-15,17H,4-5,16H2,1-3H3,(H,29,31). The van der Waals surface area contributed by atoms with E-state index in [2.05, 4.69) is 31.1 Å². The number of nitrogens with one attached hydrogen (secondary N) is 1. The fourth-order valence-corrected chi connectivity index (χ4v) is 3.75. The summed E-state index contributed by atoms with van der Waals surface area (Å²) in [6.45, 7) is 6.35. The number of carbonyl (C=O) groups excluding carboxylic acids is 1. The van der Waals surface area contributed by atoms with E-state index in [1.807, 2.05) is 42.5 Å². The highest BCUT2D eigenvalue weighted by Gasteiger charge is 2.14. The van der Waals surface area contributed by atoms with Crippen LogP contribution in [0.3, 0.4) is 0 Å². The van der Waals surface area contributed by atoms with Gasteiger partial charge in [-0.2, -0.15) is 0 Å². The molecule has 0 spiro atoms. The topological polar surface area (TPSA) is 64.4 Å². The molecule has 1 aromatic heterocycles. The molecule has 0 fully saturated rings. The van der Waals surface area contributed by atoms with E-state index in [9.17, 15) is 4.79 Å². The van der Waals surface area contributed by atoms with Crippen LogP contribution in [-0.4, -0.2) is 17.5 Å². The Morgan fingerprint density at radius 2 is 1.88 bits per heavy atom. The largest absolute Gasteiger partial charge is 0.484 e. The highest BCUT2D eigenvalue weighted by atomic mass is 35.5. The van der Waals surface area contributed by atoms with E-state index >= 15 is 0 Å². The lowest BCUT2D eigenvalue weighted by Gasteiger charge is -2.11. The molecular formula is C27H27ClN2O3. The third-order valence-electron chi connectivity index (χ3n) is 5.77. The first-order valence-electron chi connectivity index (χ1n) is 11.2. The van der Waals surface area contributed by atoms with Crippen LogP contribution in [0.4, 0.5) is 5.69 Å². The molecular weight excluding hydrogens is 436 g/mol. The molecule has 170 valence electrons. The van der Waals surface area contributed by atoms with Crippen molar-refractivity contribution in [1.82, 2.24) is 4.98 Å². The number of ether oxygens (including phenoxy) is 1. The van der Waals surface area contributed by atoms with Crippen LogP contribution < -0.4 is 10.1 Å². The minimum atomic E-state index is -0.264. The second-order valence-corrected chi connectivity index (χ2v) is 8.49. The van der Waals surface area contributed by atoms with Crippen LogP contribution in [0.5, 0.6) is 5.75 Å².